The molecule has 26 heavy (non-hydrogen) atoms. The number of primary amides is 1. The summed E-state index contributed by atoms with van der Waals surface area (Å²) in [6.45, 7) is 5.60. The maximum atomic E-state index is 12.0. The highest BCUT2D eigenvalue weighted by molar-refractivity contribution is 7.80. The first kappa shape index (κ1) is 19.9. The molecule has 2 amide bonds. The Balaban J connectivity index is 1.90. The van der Waals surface area contributed by atoms with Gasteiger partial charge in [0.25, 0.3) is 11.8 Å². The zero-order chi connectivity index (χ0) is 19.3. The van der Waals surface area contributed by atoms with Crippen molar-refractivity contribution in [3.63, 3.8) is 0 Å². The van der Waals surface area contributed by atoms with E-state index in [1.165, 1.54) is 16.9 Å². The predicted octanol–water partition coefficient (Wildman–Crippen LogP) is 2.92. The molecule has 0 atom stereocenters. The second kappa shape index (κ2) is 8.77. The van der Waals surface area contributed by atoms with Crippen LogP contribution in [0.2, 0.25) is 0 Å². The molecule has 0 saturated heterocycles. The molecule has 1 heterocycles. The maximum absolute atomic E-state index is 12.0. The smallest absolute Gasteiger partial charge is 0.264 e. The number of anilines is 1. The van der Waals surface area contributed by atoms with Crippen LogP contribution in [0.15, 0.2) is 24.3 Å². The lowest BCUT2D eigenvalue weighted by Crippen LogP contribution is -2.37. The summed E-state index contributed by atoms with van der Waals surface area (Å²) in [5, 5.41) is 6.00. The molecule has 0 saturated carbocycles. The molecule has 1 aromatic heterocycles. The summed E-state index contributed by atoms with van der Waals surface area (Å²) in [7, 11) is 0. The lowest BCUT2D eigenvalue weighted by molar-refractivity contribution is -0.121. The number of amides is 2. The van der Waals surface area contributed by atoms with Crippen molar-refractivity contribution < 1.29 is 14.3 Å². The van der Waals surface area contributed by atoms with Gasteiger partial charge in [-0.05, 0) is 55.7 Å². The van der Waals surface area contributed by atoms with Gasteiger partial charge < -0.3 is 15.8 Å². The average molecular weight is 392 g/mol. The summed E-state index contributed by atoms with van der Waals surface area (Å²) in [5.41, 5.74) is 7.80. The van der Waals surface area contributed by atoms with Crippen LogP contribution in [0.1, 0.15) is 33.3 Å². The molecular formula is C18H21N3O3S2. The second-order valence-electron chi connectivity index (χ2n) is 5.64. The molecule has 0 radical (unpaired) electrons. The van der Waals surface area contributed by atoms with Gasteiger partial charge >= 0.3 is 0 Å². The molecule has 0 spiro atoms. The van der Waals surface area contributed by atoms with E-state index in [1.54, 1.807) is 0 Å². The van der Waals surface area contributed by atoms with E-state index in [4.69, 9.17) is 22.7 Å². The first-order valence-electron chi connectivity index (χ1n) is 8.04. The third kappa shape index (κ3) is 5.03. The minimum atomic E-state index is -0.540. The van der Waals surface area contributed by atoms with Crippen molar-refractivity contribution in [2.75, 3.05) is 11.9 Å². The number of thiophene rings is 1. The van der Waals surface area contributed by atoms with E-state index in [1.807, 2.05) is 38.1 Å². The molecular weight excluding hydrogens is 370 g/mol. The molecule has 138 valence electrons. The van der Waals surface area contributed by atoms with Crippen molar-refractivity contribution in [1.29, 1.82) is 0 Å². The third-order valence-electron chi connectivity index (χ3n) is 3.81. The Kier molecular flexibility index (Phi) is 6.70. The lowest BCUT2D eigenvalue weighted by atomic mass is 10.1. The summed E-state index contributed by atoms with van der Waals surface area (Å²) < 4.78 is 5.43. The average Bonchev–Trinajstić information content (AvgIpc) is 2.87. The summed E-state index contributed by atoms with van der Waals surface area (Å²) in [5.74, 6) is -0.327. The highest BCUT2D eigenvalue weighted by Gasteiger charge is 2.18. The van der Waals surface area contributed by atoms with Gasteiger partial charge in [0.1, 0.15) is 10.8 Å². The van der Waals surface area contributed by atoms with Crippen molar-refractivity contribution >= 4 is 45.5 Å². The van der Waals surface area contributed by atoms with Gasteiger partial charge in [-0.2, -0.15) is 0 Å². The summed E-state index contributed by atoms with van der Waals surface area (Å²) >= 11 is 6.49. The largest absolute Gasteiger partial charge is 0.484 e. The standard InChI is InChI=1S/C18H21N3O3S2/c1-4-12-5-7-13(8-6-12)24-9-14(22)20-18(25)21-17-15(16(19)23)10(2)11(3)26-17/h5-8H,4,9H2,1-3H3,(H2,19,23)(H2,20,21,22,25). The first-order valence-corrected chi connectivity index (χ1v) is 9.26. The van der Waals surface area contributed by atoms with E-state index in [0.29, 0.717) is 16.3 Å². The quantitative estimate of drug-likeness (QED) is 0.659. The van der Waals surface area contributed by atoms with Gasteiger partial charge in [0.15, 0.2) is 11.7 Å². The van der Waals surface area contributed by atoms with Crippen molar-refractivity contribution in [3.8, 4) is 5.75 Å². The fourth-order valence-corrected chi connectivity index (χ4v) is 3.63. The Morgan fingerprint density at radius 3 is 2.46 bits per heavy atom. The molecule has 0 bridgehead atoms. The number of hydrogen-bond donors (Lipinski definition) is 3. The fraction of sp³-hybridized carbons (Fsp3) is 0.278. The number of hydrogen-bond acceptors (Lipinski definition) is 5. The van der Waals surface area contributed by atoms with E-state index < -0.39 is 11.8 Å². The van der Waals surface area contributed by atoms with Crippen molar-refractivity contribution in [2.45, 2.75) is 27.2 Å². The van der Waals surface area contributed by atoms with Crippen LogP contribution in [0.5, 0.6) is 5.75 Å². The first-order chi connectivity index (χ1) is 12.3. The minimum Gasteiger partial charge on any atom is -0.484 e. The Morgan fingerprint density at radius 1 is 1.23 bits per heavy atom. The van der Waals surface area contributed by atoms with Crippen LogP contribution in [0.4, 0.5) is 5.00 Å². The molecule has 8 heteroatoms. The number of carbonyl (C=O) groups is 2. The lowest BCUT2D eigenvalue weighted by Gasteiger charge is -2.10. The molecule has 1 aromatic carbocycles. The molecule has 0 aliphatic rings. The van der Waals surface area contributed by atoms with Gasteiger partial charge in [-0.1, -0.05) is 19.1 Å². The van der Waals surface area contributed by atoms with E-state index in [-0.39, 0.29) is 11.7 Å². The molecule has 0 aliphatic heterocycles. The molecule has 0 fully saturated rings. The number of thiocarbonyl (C=S) groups is 1. The number of benzene rings is 1. The van der Waals surface area contributed by atoms with E-state index >= 15 is 0 Å². The molecule has 4 N–H and O–H groups in total. The van der Waals surface area contributed by atoms with Crippen LogP contribution >= 0.6 is 23.6 Å². The second-order valence-corrected chi connectivity index (χ2v) is 7.27. The number of ether oxygens (including phenoxy) is 1. The van der Waals surface area contributed by atoms with E-state index in [9.17, 15) is 9.59 Å². The molecule has 6 nitrogen and oxygen atoms in total. The summed E-state index contributed by atoms with van der Waals surface area (Å²) in [6, 6.07) is 7.54. The molecule has 0 aliphatic carbocycles. The van der Waals surface area contributed by atoms with Gasteiger partial charge in [0.05, 0.1) is 5.56 Å². The van der Waals surface area contributed by atoms with Gasteiger partial charge in [0, 0.05) is 4.88 Å². The number of aryl methyl sites for hydroxylation is 2. The van der Waals surface area contributed by atoms with Crippen LogP contribution in [0, 0.1) is 13.8 Å². The topological polar surface area (TPSA) is 93.4 Å². The number of nitrogens with one attached hydrogen (secondary N) is 2. The minimum absolute atomic E-state index is 0.0867. The number of nitrogens with two attached hydrogens (primary N) is 1. The Bertz CT molecular complexity index is 829. The van der Waals surface area contributed by atoms with Gasteiger partial charge in [-0.25, -0.2) is 0 Å². The Labute approximate surface area is 161 Å². The van der Waals surface area contributed by atoms with Crippen LogP contribution in [-0.4, -0.2) is 23.5 Å². The molecule has 2 aromatic rings. The van der Waals surface area contributed by atoms with Crippen LogP contribution in [0.25, 0.3) is 0 Å². The SMILES string of the molecule is CCc1ccc(OCC(=O)NC(=S)Nc2sc(C)c(C)c2C(N)=O)cc1. The predicted molar refractivity (Wildman–Crippen MR) is 108 cm³/mol. The van der Waals surface area contributed by atoms with Crippen LogP contribution < -0.4 is 21.1 Å². The van der Waals surface area contributed by atoms with Crippen LogP contribution in [-0.2, 0) is 11.2 Å². The highest BCUT2D eigenvalue weighted by Crippen LogP contribution is 2.31. The maximum Gasteiger partial charge on any atom is 0.264 e. The van der Waals surface area contributed by atoms with E-state index in [2.05, 4.69) is 17.6 Å². The van der Waals surface area contributed by atoms with Crippen LogP contribution in [0.3, 0.4) is 0 Å². The number of carbonyl (C=O) groups excluding carboxylic acids is 2. The zero-order valence-corrected chi connectivity index (χ0v) is 16.5. The third-order valence-corrected chi connectivity index (χ3v) is 5.14. The monoisotopic (exact) mass is 391 g/mol. The van der Waals surface area contributed by atoms with Crippen molar-refractivity contribution in [1.82, 2.24) is 5.32 Å². The number of rotatable bonds is 6. The van der Waals surface area contributed by atoms with Gasteiger partial charge in [-0.15, -0.1) is 11.3 Å². The fourth-order valence-electron chi connectivity index (χ4n) is 2.28. The Morgan fingerprint density at radius 2 is 1.88 bits per heavy atom. The van der Waals surface area contributed by atoms with E-state index in [0.717, 1.165) is 16.9 Å². The summed E-state index contributed by atoms with van der Waals surface area (Å²) in [4.78, 5) is 24.5. The zero-order valence-electron chi connectivity index (χ0n) is 14.8. The Hall–Kier alpha value is -2.45. The molecule has 0 unspecified atom stereocenters. The van der Waals surface area contributed by atoms with Crippen molar-refractivity contribution in [2.24, 2.45) is 5.73 Å². The highest BCUT2D eigenvalue weighted by atomic mass is 32.1. The summed E-state index contributed by atoms with van der Waals surface area (Å²) in [6.07, 6.45) is 0.940. The van der Waals surface area contributed by atoms with Gasteiger partial charge in [0.2, 0.25) is 0 Å². The van der Waals surface area contributed by atoms with Crippen molar-refractivity contribution in [3.05, 3.63) is 45.8 Å². The normalized spacial score (nSPS) is 10.3. The van der Waals surface area contributed by atoms with Gasteiger partial charge in [-0.3, -0.25) is 14.9 Å². The molecule has 2 rings (SSSR count).